The van der Waals surface area contributed by atoms with E-state index < -0.39 is 6.04 Å². The van der Waals surface area contributed by atoms with Crippen molar-refractivity contribution < 1.29 is 9.53 Å². The van der Waals surface area contributed by atoms with Gasteiger partial charge in [-0.1, -0.05) is 36.4 Å². The van der Waals surface area contributed by atoms with Crippen LogP contribution in [0.15, 0.2) is 61.1 Å². The second-order valence-electron chi connectivity index (χ2n) is 7.40. The van der Waals surface area contributed by atoms with E-state index in [2.05, 4.69) is 26.6 Å². The third kappa shape index (κ3) is 4.12. The number of aromatic nitrogens is 2. The number of nitriles is 1. The number of esters is 1. The Hall–Kier alpha value is -3.43. The number of nitrogens with zero attached hydrogens (tertiary/aromatic N) is 4. The summed E-state index contributed by atoms with van der Waals surface area (Å²) >= 11 is 0. The molecule has 2 heterocycles. The molecule has 0 unspecified atom stereocenters. The van der Waals surface area contributed by atoms with Gasteiger partial charge in [-0.05, 0) is 42.2 Å². The normalized spacial score (nSPS) is 15.9. The van der Waals surface area contributed by atoms with Crippen LogP contribution in [0.1, 0.15) is 40.9 Å². The average molecular weight is 400 g/mol. The number of imidazole rings is 1. The highest BCUT2D eigenvalue weighted by molar-refractivity contribution is 5.78. The van der Waals surface area contributed by atoms with Crippen LogP contribution in [-0.4, -0.2) is 33.6 Å². The summed E-state index contributed by atoms with van der Waals surface area (Å²) in [4.78, 5) is 19.3. The third-order valence-corrected chi connectivity index (χ3v) is 5.49. The summed E-state index contributed by atoms with van der Waals surface area (Å²) in [6, 6.07) is 17.4. The lowest BCUT2D eigenvalue weighted by molar-refractivity contribution is -0.150. The average Bonchev–Trinajstić information content (AvgIpc) is 3.20. The molecule has 152 valence electrons. The van der Waals surface area contributed by atoms with Gasteiger partial charge >= 0.3 is 5.97 Å². The van der Waals surface area contributed by atoms with Crippen LogP contribution in [0.25, 0.3) is 0 Å². The molecule has 1 aliphatic rings. The zero-order chi connectivity index (χ0) is 20.9. The van der Waals surface area contributed by atoms with E-state index in [1.807, 2.05) is 61.9 Å². The van der Waals surface area contributed by atoms with E-state index in [9.17, 15) is 4.79 Å². The molecular weight excluding hydrogens is 376 g/mol. The molecule has 6 nitrogen and oxygen atoms in total. The van der Waals surface area contributed by atoms with Gasteiger partial charge in [-0.15, -0.1) is 0 Å². The Morgan fingerprint density at radius 1 is 1.20 bits per heavy atom. The molecule has 30 heavy (non-hydrogen) atoms. The van der Waals surface area contributed by atoms with E-state index >= 15 is 0 Å². The standard InChI is InChI=1S/C24H24N4O2/c1-2-30-24(29)23-22-6-4-3-5-20(22)11-12-27(23)16-21-14-26-17-28(21)15-19-9-7-18(13-25)8-10-19/h3-10,14,17,23H,2,11-12,15-16H2,1H3/t23-/m1/s1. The fraction of sp³-hybridized carbons (Fsp3) is 0.292. The second-order valence-corrected chi connectivity index (χ2v) is 7.40. The zero-order valence-corrected chi connectivity index (χ0v) is 17.0. The molecule has 4 rings (SSSR count). The highest BCUT2D eigenvalue weighted by Crippen LogP contribution is 2.32. The van der Waals surface area contributed by atoms with Crippen LogP contribution in [-0.2, 0) is 29.0 Å². The largest absolute Gasteiger partial charge is 0.465 e. The van der Waals surface area contributed by atoms with Gasteiger partial charge in [0.05, 0.1) is 30.3 Å². The molecule has 0 saturated heterocycles. The van der Waals surface area contributed by atoms with E-state index in [-0.39, 0.29) is 5.97 Å². The molecule has 6 heteroatoms. The molecule has 0 saturated carbocycles. The monoisotopic (exact) mass is 400 g/mol. The van der Waals surface area contributed by atoms with E-state index in [1.54, 1.807) is 0 Å². The maximum atomic E-state index is 12.8. The number of carbonyl (C=O) groups excluding carboxylic acids is 1. The molecule has 0 radical (unpaired) electrons. The predicted molar refractivity (Wildman–Crippen MR) is 112 cm³/mol. The first-order chi connectivity index (χ1) is 14.7. The van der Waals surface area contributed by atoms with Crippen LogP contribution < -0.4 is 0 Å². The lowest BCUT2D eigenvalue weighted by atomic mass is 9.92. The highest BCUT2D eigenvalue weighted by Gasteiger charge is 2.34. The number of hydrogen-bond donors (Lipinski definition) is 0. The number of fused-ring (bicyclic) bond motifs is 1. The second kappa shape index (κ2) is 8.93. The van der Waals surface area contributed by atoms with Gasteiger partial charge in [0.1, 0.15) is 6.04 Å². The zero-order valence-electron chi connectivity index (χ0n) is 17.0. The van der Waals surface area contributed by atoms with Crippen molar-refractivity contribution in [3.05, 3.63) is 89.0 Å². The summed E-state index contributed by atoms with van der Waals surface area (Å²) in [5.74, 6) is -0.206. The fourth-order valence-corrected chi connectivity index (χ4v) is 4.00. The Kier molecular flexibility index (Phi) is 5.92. The van der Waals surface area contributed by atoms with Gasteiger partial charge in [-0.2, -0.15) is 5.26 Å². The van der Waals surface area contributed by atoms with E-state index in [4.69, 9.17) is 10.00 Å². The maximum Gasteiger partial charge on any atom is 0.328 e. The quantitative estimate of drug-likeness (QED) is 0.593. The highest BCUT2D eigenvalue weighted by atomic mass is 16.5. The topological polar surface area (TPSA) is 71.2 Å². The Bertz CT molecular complexity index is 1070. The SMILES string of the molecule is CCOC(=O)[C@H]1c2ccccc2CCN1Cc1cncn1Cc1ccc(C#N)cc1. The van der Waals surface area contributed by atoms with Crippen LogP contribution in [0.4, 0.5) is 0 Å². The minimum atomic E-state index is -0.409. The van der Waals surface area contributed by atoms with Gasteiger partial charge in [-0.3, -0.25) is 4.90 Å². The number of benzene rings is 2. The van der Waals surface area contributed by atoms with Crippen LogP contribution in [0, 0.1) is 11.3 Å². The Balaban J connectivity index is 1.57. The fourth-order valence-electron chi connectivity index (χ4n) is 4.00. The molecule has 2 aromatic carbocycles. The van der Waals surface area contributed by atoms with Crippen molar-refractivity contribution in [2.45, 2.75) is 32.5 Å². The summed E-state index contributed by atoms with van der Waals surface area (Å²) in [5, 5.41) is 8.98. The van der Waals surface area contributed by atoms with Crippen molar-refractivity contribution in [1.29, 1.82) is 5.26 Å². The van der Waals surface area contributed by atoms with Crippen molar-refractivity contribution in [3.8, 4) is 6.07 Å². The molecular formula is C24H24N4O2. The lowest BCUT2D eigenvalue weighted by Crippen LogP contribution is -2.40. The summed E-state index contributed by atoms with van der Waals surface area (Å²) in [6.07, 6.45) is 4.56. The minimum absolute atomic E-state index is 0.206. The van der Waals surface area contributed by atoms with Crippen LogP contribution in [0.2, 0.25) is 0 Å². The van der Waals surface area contributed by atoms with Crippen molar-refractivity contribution in [1.82, 2.24) is 14.5 Å². The Morgan fingerprint density at radius 3 is 2.77 bits per heavy atom. The molecule has 0 N–H and O–H groups in total. The molecule has 1 aromatic heterocycles. The van der Waals surface area contributed by atoms with Gasteiger partial charge in [0.15, 0.2) is 0 Å². The molecule has 0 aliphatic carbocycles. The number of hydrogen-bond acceptors (Lipinski definition) is 5. The summed E-state index contributed by atoms with van der Waals surface area (Å²) in [5.41, 5.74) is 5.01. The van der Waals surface area contributed by atoms with Gasteiger partial charge in [-0.25, -0.2) is 9.78 Å². The molecule has 0 bridgehead atoms. The summed E-state index contributed by atoms with van der Waals surface area (Å²) in [7, 11) is 0. The summed E-state index contributed by atoms with van der Waals surface area (Å²) < 4.78 is 7.49. The molecule has 0 fully saturated rings. The summed E-state index contributed by atoms with van der Waals surface area (Å²) in [6.45, 7) is 4.25. The predicted octanol–water partition coefficient (Wildman–Crippen LogP) is 3.47. The molecule has 0 amide bonds. The smallest absolute Gasteiger partial charge is 0.328 e. The molecule has 1 aliphatic heterocycles. The number of ether oxygens (including phenoxy) is 1. The van der Waals surface area contributed by atoms with Crippen molar-refractivity contribution in [2.24, 2.45) is 0 Å². The van der Waals surface area contributed by atoms with Gasteiger partial charge in [0, 0.05) is 25.8 Å². The van der Waals surface area contributed by atoms with Crippen molar-refractivity contribution in [3.63, 3.8) is 0 Å². The number of carbonyl (C=O) groups is 1. The van der Waals surface area contributed by atoms with E-state index in [0.29, 0.717) is 25.3 Å². The Morgan fingerprint density at radius 2 is 2.00 bits per heavy atom. The minimum Gasteiger partial charge on any atom is -0.465 e. The molecule has 3 aromatic rings. The Labute approximate surface area is 176 Å². The lowest BCUT2D eigenvalue weighted by Gasteiger charge is -2.35. The molecule has 1 atom stereocenters. The maximum absolute atomic E-state index is 12.8. The van der Waals surface area contributed by atoms with Crippen molar-refractivity contribution >= 4 is 5.97 Å². The third-order valence-electron chi connectivity index (χ3n) is 5.49. The first-order valence-electron chi connectivity index (χ1n) is 10.2. The van der Waals surface area contributed by atoms with E-state index in [1.165, 1.54) is 5.56 Å². The van der Waals surface area contributed by atoms with Crippen LogP contribution >= 0.6 is 0 Å². The van der Waals surface area contributed by atoms with Crippen LogP contribution in [0.3, 0.4) is 0 Å². The molecule has 0 spiro atoms. The van der Waals surface area contributed by atoms with Crippen LogP contribution in [0.5, 0.6) is 0 Å². The van der Waals surface area contributed by atoms with Gasteiger partial charge in [0.2, 0.25) is 0 Å². The number of rotatable bonds is 6. The van der Waals surface area contributed by atoms with Gasteiger partial charge < -0.3 is 9.30 Å². The van der Waals surface area contributed by atoms with Crippen molar-refractivity contribution in [2.75, 3.05) is 13.2 Å². The first kappa shape index (κ1) is 19.9. The van der Waals surface area contributed by atoms with E-state index in [0.717, 1.165) is 29.8 Å². The van der Waals surface area contributed by atoms with Gasteiger partial charge in [0.25, 0.3) is 0 Å². The first-order valence-corrected chi connectivity index (χ1v) is 10.2.